The molecular formula is C11H21ClO. The van der Waals surface area contributed by atoms with E-state index in [4.69, 9.17) is 16.3 Å². The number of ether oxygens (including phenoxy) is 1. The fourth-order valence-electron chi connectivity index (χ4n) is 2.24. The van der Waals surface area contributed by atoms with Crippen LogP contribution in [0, 0.1) is 5.92 Å². The van der Waals surface area contributed by atoms with Crippen molar-refractivity contribution in [3.8, 4) is 0 Å². The van der Waals surface area contributed by atoms with Crippen LogP contribution in [0.3, 0.4) is 0 Å². The highest BCUT2D eigenvalue weighted by Gasteiger charge is 2.26. The summed E-state index contributed by atoms with van der Waals surface area (Å²) in [6.45, 7) is 2.20. The van der Waals surface area contributed by atoms with Gasteiger partial charge in [0, 0.05) is 12.5 Å². The Bertz CT molecular complexity index is 138. The lowest BCUT2D eigenvalue weighted by atomic mass is 9.84. The standard InChI is InChI=1S/C11H21ClO/c1-3-5-11(12)9-6-4-7-10(8-9)13-2/h9-11H,3-8H2,1-2H3. The lowest BCUT2D eigenvalue weighted by molar-refractivity contribution is 0.0494. The van der Waals surface area contributed by atoms with Gasteiger partial charge in [-0.2, -0.15) is 0 Å². The first-order chi connectivity index (χ1) is 6.27. The minimum atomic E-state index is 0.378. The number of halogens is 1. The SMILES string of the molecule is CCCC(Cl)C1CCCC(OC)C1. The van der Waals surface area contributed by atoms with Crippen molar-refractivity contribution >= 4 is 11.6 Å². The van der Waals surface area contributed by atoms with E-state index in [0.29, 0.717) is 17.4 Å². The average molecular weight is 205 g/mol. The van der Waals surface area contributed by atoms with E-state index in [9.17, 15) is 0 Å². The molecule has 0 aliphatic heterocycles. The summed E-state index contributed by atoms with van der Waals surface area (Å²) >= 11 is 6.33. The van der Waals surface area contributed by atoms with Gasteiger partial charge >= 0.3 is 0 Å². The Morgan fingerprint density at radius 2 is 2.23 bits per heavy atom. The summed E-state index contributed by atoms with van der Waals surface area (Å²) in [7, 11) is 1.82. The largest absolute Gasteiger partial charge is 0.381 e. The Labute approximate surface area is 86.8 Å². The second-order valence-corrected chi connectivity index (χ2v) is 4.65. The highest BCUT2D eigenvalue weighted by atomic mass is 35.5. The van der Waals surface area contributed by atoms with Crippen LogP contribution in [0.25, 0.3) is 0 Å². The molecule has 1 nitrogen and oxygen atoms in total. The highest BCUT2D eigenvalue weighted by Crippen LogP contribution is 2.32. The molecule has 78 valence electrons. The van der Waals surface area contributed by atoms with Crippen LogP contribution in [-0.4, -0.2) is 18.6 Å². The Kier molecular flexibility index (Phi) is 5.12. The normalized spacial score (nSPS) is 31.6. The second kappa shape index (κ2) is 5.87. The van der Waals surface area contributed by atoms with E-state index in [2.05, 4.69) is 6.92 Å². The van der Waals surface area contributed by atoms with Crippen molar-refractivity contribution in [3.63, 3.8) is 0 Å². The van der Waals surface area contributed by atoms with Crippen LogP contribution < -0.4 is 0 Å². The molecule has 1 aliphatic carbocycles. The monoisotopic (exact) mass is 204 g/mol. The summed E-state index contributed by atoms with van der Waals surface area (Å²) in [5, 5.41) is 0.378. The molecule has 3 unspecified atom stereocenters. The maximum absolute atomic E-state index is 6.33. The van der Waals surface area contributed by atoms with Gasteiger partial charge in [0.1, 0.15) is 0 Å². The smallest absolute Gasteiger partial charge is 0.0574 e. The van der Waals surface area contributed by atoms with Crippen LogP contribution in [0.1, 0.15) is 45.4 Å². The molecule has 2 heteroatoms. The van der Waals surface area contributed by atoms with Crippen molar-refractivity contribution in [2.45, 2.75) is 56.9 Å². The Morgan fingerprint density at radius 3 is 2.85 bits per heavy atom. The van der Waals surface area contributed by atoms with Gasteiger partial charge in [-0.1, -0.05) is 19.8 Å². The van der Waals surface area contributed by atoms with Crippen LogP contribution in [0.5, 0.6) is 0 Å². The zero-order chi connectivity index (χ0) is 9.68. The van der Waals surface area contributed by atoms with Crippen molar-refractivity contribution < 1.29 is 4.74 Å². The number of hydrogen-bond donors (Lipinski definition) is 0. The molecule has 1 rings (SSSR count). The summed E-state index contributed by atoms with van der Waals surface area (Å²) < 4.78 is 5.39. The third-order valence-electron chi connectivity index (χ3n) is 3.08. The molecule has 0 saturated heterocycles. The Morgan fingerprint density at radius 1 is 1.46 bits per heavy atom. The van der Waals surface area contributed by atoms with E-state index in [1.807, 2.05) is 7.11 Å². The predicted octanol–water partition coefficient (Wildman–Crippen LogP) is 3.60. The summed E-state index contributed by atoms with van der Waals surface area (Å²) in [6, 6.07) is 0. The quantitative estimate of drug-likeness (QED) is 0.636. The third kappa shape index (κ3) is 3.47. The van der Waals surface area contributed by atoms with Crippen molar-refractivity contribution in [1.82, 2.24) is 0 Å². The number of rotatable bonds is 4. The van der Waals surface area contributed by atoms with Gasteiger partial charge in [0.05, 0.1) is 6.10 Å². The fourth-order valence-corrected chi connectivity index (χ4v) is 2.68. The molecule has 1 saturated carbocycles. The fraction of sp³-hybridized carbons (Fsp3) is 1.00. The molecule has 0 spiro atoms. The molecule has 0 aromatic heterocycles. The van der Waals surface area contributed by atoms with Gasteiger partial charge in [-0.25, -0.2) is 0 Å². The predicted molar refractivity (Wildman–Crippen MR) is 57.3 cm³/mol. The van der Waals surface area contributed by atoms with E-state index < -0.39 is 0 Å². The lowest BCUT2D eigenvalue weighted by Crippen LogP contribution is -2.27. The van der Waals surface area contributed by atoms with Crippen LogP contribution in [0.15, 0.2) is 0 Å². The Hall–Kier alpha value is 0.250. The summed E-state index contributed by atoms with van der Waals surface area (Å²) in [4.78, 5) is 0. The number of hydrogen-bond acceptors (Lipinski definition) is 1. The van der Waals surface area contributed by atoms with Gasteiger partial charge in [0.15, 0.2) is 0 Å². The second-order valence-electron chi connectivity index (χ2n) is 4.09. The molecule has 0 N–H and O–H groups in total. The van der Waals surface area contributed by atoms with Crippen molar-refractivity contribution in [2.75, 3.05) is 7.11 Å². The van der Waals surface area contributed by atoms with Crippen molar-refractivity contribution in [1.29, 1.82) is 0 Å². The minimum Gasteiger partial charge on any atom is -0.381 e. The summed E-state index contributed by atoms with van der Waals surface area (Å²) in [6.07, 6.45) is 7.81. The van der Waals surface area contributed by atoms with Crippen LogP contribution >= 0.6 is 11.6 Å². The van der Waals surface area contributed by atoms with E-state index >= 15 is 0 Å². The first kappa shape index (κ1) is 11.3. The first-order valence-electron chi connectivity index (χ1n) is 5.44. The Balaban J connectivity index is 2.32. The molecular weight excluding hydrogens is 184 g/mol. The van der Waals surface area contributed by atoms with Crippen molar-refractivity contribution in [3.05, 3.63) is 0 Å². The topological polar surface area (TPSA) is 9.23 Å². The molecule has 0 aromatic carbocycles. The van der Waals surface area contributed by atoms with Gasteiger partial charge in [0.25, 0.3) is 0 Å². The van der Waals surface area contributed by atoms with E-state index in [0.717, 1.165) is 6.42 Å². The van der Waals surface area contributed by atoms with Gasteiger partial charge in [-0.15, -0.1) is 11.6 Å². The molecule has 1 aliphatic rings. The third-order valence-corrected chi connectivity index (χ3v) is 3.65. The molecule has 3 atom stereocenters. The number of methoxy groups -OCH3 is 1. The van der Waals surface area contributed by atoms with E-state index in [-0.39, 0.29) is 0 Å². The number of alkyl halides is 1. The molecule has 0 bridgehead atoms. The molecule has 0 aromatic rings. The van der Waals surface area contributed by atoms with Crippen LogP contribution in [0.2, 0.25) is 0 Å². The lowest BCUT2D eigenvalue weighted by Gasteiger charge is -2.31. The van der Waals surface area contributed by atoms with Gasteiger partial charge < -0.3 is 4.74 Å². The highest BCUT2D eigenvalue weighted by molar-refractivity contribution is 6.20. The minimum absolute atomic E-state index is 0.378. The van der Waals surface area contributed by atoms with E-state index in [1.165, 1.54) is 32.1 Å². The van der Waals surface area contributed by atoms with E-state index in [1.54, 1.807) is 0 Å². The maximum atomic E-state index is 6.33. The zero-order valence-corrected chi connectivity index (χ0v) is 9.52. The van der Waals surface area contributed by atoms with Crippen LogP contribution in [-0.2, 0) is 4.74 Å². The zero-order valence-electron chi connectivity index (χ0n) is 8.76. The first-order valence-corrected chi connectivity index (χ1v) is 5.88. The summed E-state index contributed by atoms with van der Waals surface area (Å²) in [5.74, 6) is 0.695. The molecule has 0 heterocycles. The van der Waals surface area contributed by atoms with Gasteiger partial charge in [-0.3, -0.25) is 0 Å². The van der Waals surface area contributed by atoms with Gasteiger partial charge in [-0.05, 0) is 31.6 Å². The molecule has 0 radical (unpaired) electrons. The van der Waals surface area contributed by atoms with Gasteiger partial charge in [0.2, 0.25) is 0 Å². The van der Waals surface area contributed by atoms with Crippen molar-refractivity contribution in [2.24, 2.45) is 5.92 Å². The van der Waals surface area contributed by atoms with Crippen LogP contribution in [0.4, 0.5) is 0 Å². The maximum Gasteiger partial charge on any atom is 0.0574 e. The molecule has 1 fully saturated rings. The molecule has 13 heavy (non-hydrogen) atoms. The summed E-state index contributed by atoms with van der Waals surface area (Å²) in [5.41, 5.74) is 0. The molecule has 0 amide bonds. The average Bonchev–Trinajstić information content (AvgIpc) is 2.18.